The van der Waals surface area contributed by atoms with E-state index in [2.05, 4.69) is 37.8 Å². The fourth-order valence-electron chi connectivity index (χ4n) is 3.41. The van der Waals surface area contributed by atoms with Gasteiger partial charge in [-0.15, -0.1) is 0 Å². The molecule has 0 radical (unpaired) electrons. The topological polar surface area (TPSA) is 45.8 Å². The van der Waals surface area contributed by atoms with Crippen LogP contribution < -0.4 is 4.74 Å². The summed E-state index contributed by atoms with van der Waals surface area (Å²) in [5, 5.41) is 10.4. The Hall–Kier alpha value is -2.04. The molecule has 140 valence electrons. The molecule has 0 spiro atoms. The first-order valence-electron chi connectivity index (χ1n) is 9.38. The van der Waals surface area contributed by atoms with E-state index in [1.54, 1.807) is 6.26 Å². The van der Waals surface area contributed by atoms with E-state index in [1.807, 2.05) is 24.3 Å². The molecule has 1 aliphatic heterocycles. The van der Waals surface area contributed by atoms with Crippen molar-refractivity contribution in [2.45, 2.75) is 39.8 Å². The molecule has 1 atom stereocenters. The minimum Gasteiger partial charge on any atom is -0.492 e. The summed E-state index contributed by atoms with van der Waals surface area (Å²) in [7, 11) is 0. The molecule has 2 aromatic rings. The molecule has 26 heavy (non-hydrogen) atoms. The molecule has 1 aromatic heterocycles. The summed E-state index contributed by atoms with van der Waals surface area (Å²) in [5.74, 6) is 2.28. The van der Waals surface area contributed by atoms with E-state index in [0.717, 1.165) is 48.7 Å². The summed E-state index contributed by atoms with van der Waals surface area (Å²) in [6.07, 6.45) is 4.13. The molecule has 0 saturated carbocycles. The number of nitrogens with zero attached hydrogens (tertiary/aromatic N) is 1. The highest BCUT2D eigenvalue weighted by molar-refractivity contribution is 5.47. The molecule has 3 rings (SSSR count). The molecule has 0 aliphatic carbocycles. The third-order valence-corrected chi connectivity index (χ3v) is 4.63. The van der Waals surface area contributed by atoms with Gasteiger partial charge < -0.3 is 14.3 Å². The van der Waals surface area contributed by atoms with E-state index in [1.165, 1.54) is 5.57 Å². The Kier molecular flexibility index (Phi) is 6.17. The molecule has 1 N–H and O–H groups in total. The van der Waals surface area contributed by atoms with Crippen molar-refractivity contribution in [3.05, 3.63) is 59.1 Å². The number of fused-ring (bicyclic) bond motifs is 1. The third-order valence-electron chi connectivity index (χ3n) is 4.63. The summed E-state index contributed by atoms with van der Waals surface area (Å²) < 4.78 is 11.3. The first-order valence-corrected chi connectivity index (χ1v) is 9.38. The maximum atomic E-state index is 10.4. The van der Waals surface area contributed by atoms with Crippen LogP contribution in [0.2, 0.25) is 0 Å². The Labute approximate surface area is 156 Å². The Bertz CT molecular complexity index is 734. The molecule has 0 saturated heterocycles. The van der Waals surface area contributed by atoms with Crippen molar-refractivity contribution in [1.82, 2.24) is 4.90 Å². The summed E-state index contributed by atoms with van der Waals surface area (Å²) >= 11 is 0. The highest BCUT2D eigenvalue weighted by atomic mass is 16.5. The molecule has 0 bridgehead atoms. The Morgan fingerprint density at radius 1 is 1.31 bits per heavy atom. The number of ether oxygens (including phenoxy) is 1. The third kappa shape index (κ3) is 4.99. The van der Waals surface area contributed by atoms with Gasteiger partial charge in [0.05, 0.1) is 12.4 Å². The first kappa shape index (κ1) is 18.7. The molecular weight excluding hydrogens is 326 g/mol. The second-order valence-corrected chi connectivity index (χ2v) is 7.58. The van der Waals surface area contributed by atoms with Crippen LogP contribution in [0, 0.1) is 5.92 Å². The van der Waals surface area contributed by atoms with Crippen molar-refractivity contribution >= 4 is 6.08 Å². The Morgan fingerprint density at radius 2 is 2.15 bits per heavy atom. The quantitative estimate of drug-likeness (QED) is 0.819. The van der Waals surface area contributed by atoms with Gasteiger partial charge in [-0.25, -0.2) is 0 Å². The molecule has 0 fully saturated rings. The van der Waals surface area contributed by atoms with Crippen molar-refractivity contribution in [1.29, 1.82) is 0 Å². The second kappa shape index (κ2) is 8.56. The molecule has 4 heteroatoms. The molecule has 2 heterocycles. The number of aliphatic hydroxyl groups excluding tert-OH is 1. The van der Waals surface area contributed by atoms with Gasteiger partial charge in [0.1, 0.15) is 18.1 Å². The van der Waals surface area contributed by atoms with Crippen LogP contribution in [0.3, 0.4) is 0 Å². The van der Waals surface area contributed by atoms with Gasteiger partial charge in [-0.05, 0) is 55.2 Å². The van der Waals surface area contributed by atoms with Crippen molar-refractivity contribution in [3.8, 4) is 5.75 Å². The van der Waals surface area contributed by atoms with Crippen LogP contribution in [0.1, 0.15) is 50.2 Å². The van der Waals surface area contributed by atoms with Crippen LogP contribution in [-0.4, -0.2) is 29.7 Å². The predicted octanol–water partition coefficient (Wildman–Crippen LogP) is 4.66. The fraction of sp³-hybridized carbons (Fsp3) is 0.455. The smallest absolute Gasteiger partial charge is 0.126 e. The van der Waals surface area contributed by atoms with Gasteiger partial charge in [0.15, 0.2) is 0 Å². The molecule has 0 amide bonds. The number of furan rings is 1. The maximum Gasteiger partial charge on any atom is 0.126 e. The number of rotatable bonds is 6. The van der Waals surface area contributed by atoms with Crippen molar-refractivity contribution in [2.24, 2.45) is 5.92 Å². The fourth-order valence-corrected chi connectivity index (χ4v) is 3.41. The summed E-state index contributed by atoms with van der Waals surface area (Å²) in [6, 6.07) is 9.96. The monoisotopic (exact) mass is 355 g/mol. The zero-order valence-corrected chi connectivity index (χ0v) is 15.9. The minimum atomic E-state index is -0.419. The maximum absolute atomic E-state index is 10.4. The van der Waals surface area contributed by atoms with Gasteiger partial charge in [-0.1, -0.05) is 25.5 Å². The lowest BCUT2D eigenvalue weighted by atomic mass is 9.97. The van der Waals surface area contributed by atoms with Crippen LogP contribution in [0.5, 0.6) is 5.75 Å². The second-order valence-electron chi connectivity index (χ2n) is 7.58. The highest BCUT2D eigenvalue weighted by Crippen LogP contribution is 2.29. The molecule has 1 aliphatic rings. The Balaban J connectivity index is 1.72. The van der Waals surface area contributed by atoms with E-state index in [4.69, 9.17) is 9.15 Å². The number of aliphatic hydroxyl groups is 1. The molecular formula is C22H29NO3. The normalized spacial score (nSPS) is 16.9. The van der Waals surface area contributed by atoms with Crippen LogP contribution in [0.4, 0.5) is 0 Å². The molecule has 1 unspecified atom stereocenters. The number of hydrogen-bond donors (Lipinski definition) is 1. The average molecular weight is 355 g/mol. The standard InChI is InChI=1S/C22H29NO3/c1-16(2)11-21(24)18-6-7-22-19(13-18)15-23(8-10-26-22)14-17(3)12-20-5-4-9-25-20/h4-7,9,12-13,16,21,24H,8,10-11,14-15H2,1-3H3. The average Bonchev–Trinajstić information content (AvgIpc) is 2.99. The lowest BCUT2D eigenvalue weighted by Gasteiger charge is -2.20. The van der Waals surface area contributed by atoms with Gasteiger partial charge in [-0.3, -0.25) is 4.90 Å². The van der Waals surface area contributed by atoms with E-state index in [9.17, 15) is 5.11 Å². The summed E-state index contributed by atoms with van der Waals surface area (Å²) in [4.78, 5) is 2.37. The van der Waals surface area contributed by atoms with Crippen LogP contribution in [-0.2, 0) is 6.54 Å². The predicted molar refractivity (Wildman–Crippen MR) is 104 cm³/mol. The van der Waals surface area contributed by atoms with Gasteiger partial charge >= 0.3 is 0 Å². The zero-order valence-electron chi connectivity index (χ0n) is 15.9. The van der Waals surface area contributed by atoms with Crippen molar-refractivity contribution < 1.29 is 14.3 Å². The molecule has 1 aromatic carbocycles. The largest absolute Gasteiger partial charge is 0.492 e. The van der Waals surface area contributed by atoms with E-state index >= 15 is 0 Å². The number of hydrogen-bond acceptors (Lipinski definition) is 4. The zero-order chi connectivity index (χ0) is 18.5. The minimum absolute atomic E-state index is 0.419. The van der Waals surface area contributed by atoms with E-state index < -0.39 is 6.10 Å². The molecule has 4 nitrogen and oxygen atoms in total. The van der Waals surface area contributed by atoms with Gasteiger partial charge in [0, 0.05) is 25.2 Å². The highest BCUT2D eigenvalue weighted by Gasteiger charge is 2.18. The summed E-state index contributed by atoms with van der Waals surface area (Å²) in [6.45, 7) is 9.62. The Morgan fingerprint density at radius 3 is 2.88 bits per heavy atom. The van der Waals surface area contributed by atoms with Gasteiger partial charge in [0.2, 0.25) is 0 Å². The van der Waals surface area contributed by atoms with Crippen LogP contribution in [0.25, 0.3) is 6.08 Å². The lowest BCUT2D eigenvalue weighted by Crippen LogP contribution is -2.27. The van der Waals surface area contributed by atoms with Crippen molar-refractivity contribution in [2.75, 3.05) is 19.7 Å². The first-order chi connectivity index (χ1) is 12.5. The number of benzene rings is 1. The van der Waals surface area contributed by atoms with E-state index in [0.29, 0.717) is 12.5 Å². The van der Waals surface area contributed by atoms with E-state index in [-0.39, 0.29) is 0 Å². The SMILES string of the molecule is CC(=Cc1ccco1)CN1CCOc2ccc(C(O)CC(C)C)cc2C1. The van der Waals surface area contributed by atoms with Gasteiger partial charge in [-0.2, -0.15) is 0 Å². The lowest BCUT2D eigenvalue weighted by molar-refractivity contribution is 0.151. The summed E-state index contributed by atoms with van der Waals surface area (Å²) in [5.41, 5.74) is 3.37. The van der Waals surface area contributed by atoms with Gasteiger partial charge in [0.25, 0.3) is 0 Å². The van der Waals surface area contributed by atoms with Crippen molar-refractivity contribution in [3.63, 3.8) is 0 Å². The van der Waals surface area contributed by atoms with Crippen LogP contribution >= 0.6 is 0 Å². The van der Waals surface area contributed by atoms with Crippen LogP contribution in [0.15, 0.2) is 46.6 Å².